The third-order valence-electron chi connectivity index (χ3n) is 4.64. The second kappa shape index (κ2) is 10.4. The van der Waals surface area contributed by atoms with Gasteiger partial charge in [0.05, 0.1) is 18.9 Å². The van der Waals surface area contributed by atoms with Gasteiger partial charge in [-0.05, 0) is 49.2 Å². The normalized spacial score (nSPS) is 15.2. The number of barbiturate groups is 1. The lowest BCUT2D eigenvalue weighted by atomic mass is 10.1. The van der Waals surface area contributed by atoms with Crippen molar-refractivity contribution < 1.29 is 23.9 Å². The minimum atomic E-state index is -0.790. The molecule has 7 nitrogen and oxygen atoms in total. The zero-order valence-electron chi connectivity index (χ0n) is 17.7. The average molecular weight is 422 g/mol. The van der Waals surface area contributed by atoms with Crippen molar-refractivity contribution in [3.05, 3.63) is 59.7 Å². The van der Waals surface area contributed by atoms with Gasteiger partial charge < -0.3 is 9.47 Å². The molecule has 1 fully saturated rings. The molecule has 1 aliphatic heterocycles. The second-order valence-electron chi connectivity index (χ2n) is 7.04. The van der Waals surface area contributed by atoms with Crippen LogP contribution in [0.4, 0.5) is 10.5 Å². The van der Waals surface area contributed by atoms with Crippen LogP contribution in [0.25, 0.3) is 6.08 Å². The zero-order valence-corrected chi connectivity index (χ0v) is 17.7. The van der Waals surface area contributed by atoms with E-state index in [1.165, 1.54) is 6.08 Å². The van der Waals surface area contributed by atoms with Crippen LogP contribution >= 0.6 is 0 Å². The van der Waals surface area contributed by atoms with Gasteiger partial charge in [-0.25, -0.2) is 9.69 Å². The molecule has 0 radical (unpaired) electrons. The number of benzene rings is 2. The van der Waals surface area contributed by atoms with Gasteiger partial charge in [0, 0.05) is 5.56 Å². The first-order valence-electron chi connectivity index (χ1n) is 10.4. The lowest BCUT2D eigenvalue weighted by molar-refractivity contribution is -0.122. The number of ether oxygens (including phenoxy) is 2. The Balaban J connectivity index is 1.86. The number of carbonyl (C=O) groups excluding carboxylic acids is 3. The van der Waals surface area contributed by atoms with Crippen molar-refractivity contribution in [3.63, 3.8) is 0 Å². The number of rotatable bonds is 9. The van der Waals surface area contributed by atoms with Crippen LogP contribution in [0, 0.1) is 0 Å². The second-order valence-corrected chi connectivity index (χ2v) is 7.04. The van der Waals surface area contributed by atoms with E-state index in [4.69, 9.17) is 9.47 Å². The molecule has 4 amide bonds. The molecule has 0 saturated carbocycles. The van der Waals surface area contributed by atoms with E-state index in [1.807, 2.05) is 13.0 Å². The third-order valence-corrected chi connectivity index (χ3v) is 4.64. The number of carbonyl (C=O) groups is 3. The topological polar surface area (TPSA) is 84.9 Å². The number of hydrogen-bond donors (Lipinski definition) is 1. The third kappa shape index (κ3) is 5.31. The lowest BCUT2D eigenvalue weighted by Gasteiger charge is -2.26. The van der Waals surface area contributed by atoms with E-state index in [2.05, 4.69) is 12.2 Å². The molecule has 0 aromatic heterocycles. The van der Waals surface area contributed by atoms with Gasteiger partial charge in [-0.3, -0.25) is 14.9 Å². The number of para-hydroxylation sites is 1. The van der Waals surface area contributed by atoms with Crippen LogP contribution < -0.4 is 19.7 Å². The number of imide groups is 2. The molecule has 3 rings (SSSR count). The largest absolute Gasteiger partial charge is 0.494 e. The van der Waals surface area contributed by atoms with Crippen molar-refractivity contribution in [1.82, 2.24) is 5.32 Å². The molecular weight excluding hydrogens is 396 g/mol. The quantitative estimate of drug-likeness (QED) is 0.370. The molecule has 0 unspecified atom stereocenters. The van der Waals surface area contributed by atoms with E-state index < -0.39 is 17.8 Å². The predicted octanol–water partition coefficient (Wildman–Crippen LogP) is 4.32. The van der Waals surface area contributed by atoms with Crippen molar-refractivity contribution in [2.75, 3.05) is 18.1 Å². The predicted molar refractivity (Wildman–Crippen MR) is 118 cm³/mol. The summed E-state index contributed by atoms with van der Waals surface area (Å²) in [4.78, 5) is 38.8. The molecular formula is C24H26N2O5. The van der Waals surface area contributed by atoms with Crippen LogP contribution in [0.3, 0.4) is 0 Å². The van der Waals surface area contributed by atoms with Crippen molar-refractivity contribution in [1.29, 1.82) is 0 Å². The highest BCUT2D eigenvalue weighted by molar-refractivity contribution is 6.39. The summed E-state index contributed by atoms with van der Waals surface area (Å²) in [6, 6.07) is 13.0. The van der Waals surface area contributed by atoms with E-state index in [0.29, 0.717) is 36.0 Å². The number of urea groups is 1. The Labute approximate surface area is 181 Å². The smallest absolute Gasteiger partial charge is 0.335 e. The maximum absolute atomic E-state index is 13.1. The highest BCUT2D eigenvalue weighted by atomic mass is 16.5. The Morgan fingerprint density at radius 3 is 2.35 bits per heavy atom. The molecule has 0 aliphatic carbocycles. The SMILES string of the molecule is CCCCOc1ccc(N2C(=O)NC(=O)/C(=C/c3ccccc3OCCC)C2=O)cc1. The van der Waals surface area contributed by atoms with E-state index in [9.17, 15) is 14.4 Å². The number of unbranched alkanes of at least 4 members (excludes halogenated alkanes) is 1. The fourth-order valence-corrected chi connectivity index (χ4v) is 3.02. The Kier molecular flexibility index (Phi) is 7.43. The number of hydrogen-bond acceptors (Lipinski definition) is 5. The van der Waals surface area contributed by atoms with Crippen LogP contribution in [0.1, 0.15) is 38.7 Å². The molecule has 0 atom stereocenters. The lowest BCUT2D eigenvalue weighted by Crippen LogP contribution is -2.54. The van der Waals surface area contributed by atoms with Crippen molar-refractivity contribution in [2.24, 2.45) is 0 Å². The standard InChI is InChI=1S/C24H26N2O5/c1-3-5-15-30-19-12-10-18(11-13-19)26-23(28)20(22(27)25-24(26)29)16-17-8-6-7-9-21(17)31-14-4-2/h6-13,16H,3-5,14-15H2,1-2H3,(H,25,27,29)/b20-16-. The van der Waals surface area contributed by atoms with Gasteiger partial charge in [0.2, 0.25) is 0 Å². The summed E-state index contributed by atoms with van der Waals surface area (Å²) in [5.74, 6) is -0.222. The molecule has 7 heteroatoms. The van der Waals surface area contributed by atoms with Gasteiger partial charge in [0.15, 0.2) is 0 Å². The zero-order chi connectivity index (χ0) is 22.2. The van der Waals surface area contributed by atoms with Gasteiger partial charge in [-0.15, -0.1) is 0 Å². The Morgan fingerprint density at radius 2 is 1.65 bits per heavy atom. The molecule has 31 heavy (non-hydrogen) atoms. The molecule has 1 N–H and O–H groups in total. The number of nitrogens with one attached hydrogen (secondary N) is 1. The van der Waals surface area contributed by atoms with Gasteiger partial charge >= 0.3 is 6.03 Å². The van der Waals surface area contributed by atoms with E-state index in [-0.39, 0.29) is 5.57 Å². The molecule has 0 spiro atoms. The molecule has 0 bridgehead atoms. The summed E-state index contributed by atoms with van der Waals surface area (Å²) in [7, 11) is 0. The van der Waals surface area contributed by atoms with Gasteiger partial charge in [-0.1, -0.05) is 38.5 Å². The summed E-state index contributed by atoms with van der Waals surface area (Å²) in [6.07, 6.45) is 4.24. The Bertz CT molecular complexity index is 982. The molecule has 2 aromatic rings. The monoisotopic (exact) mass is 422 g/mol. The molecule has 1 heterocycles. The maximum Gasteiger partial charge on any atom is 0.335 e. The first-order chi connectivity index (χ1) is 15.0. The summed E-state index contributed by atoms with van der Waals surface area (Å²) in [5.41, 5.74) is 0.790. The molecule has 162 valence electrons. The molecule has 1 aliphatic rings. The minimum absolute atomic E-state index is 0.143. The Hall–Kier alpha value is -3.61. The van der Waals surface area contributed by atoms with Crippen molar-refractivity contribution >= 4 is 29.6 Å². The van der Waals surface area contributed by atoms with E-state index in [1.54, 1.807) is 42.5 Å². The summed E-state index contributed by atoms with van der Waals surface area (Å²) in [6.45, 7) is 5.17. The highest BCUT2D eigenvalue weighted by Crippen LogP contribution is 2.26. The van der Waals surface area contributed by atoms with Crippen LogP contribution in [0.2, 0.25) is 0 Å². The van der Waals surface area contributed by atoms with E-state index >= 15 is 0 Å². The fourth-order valence-electron chi connectivity index (χ4n) is 3.02. The Morgan fingerprint density at radius 1 is 0.903 bits per heavy atom. The first-order valence-corrected chi connectivity index (χ1v) is 10.4. The fraction of sp³-hybridized carbons (Fsp3) is 0.292. The summed E-state index contributed by atoms with van der Waals surface area (Å²) >= 11 is 0. The minimum Gasteiger partial charge on any atom is -0.494 e. The number of amides is 4. The van der Waals surface area contributed by atoms with Gasteiger partial charge in [0.1, 0.15) is 17.1 Å². The van der Waals surface area contributed by atoms with Crippen LogP contribution in [0.5, 0.6) is 11.5 Å². The molecule has 2 aromatic carbocycles. The molecule has 1 saturated heterocycles. The first kappa shape index (κ1) is 22.1. The van der Waals surface area contributed by atoms with Crippen LogP contribution in [-0.4, -0.2) is 31.1 Å². The average Bonchev–Trinajstić information content (AvgIpc) is 2.77. The number of anilines is 1. The maximum atomic E-state index is 13.1. The van der Waals surface area contributed by atoms with Crippen molar-refractivity contribution in [2.45, 2.75) is 33.1 Å². The van der Waals surface area contributed by atoms with Crippen LogP contribution in [0.15, 0.2) is 54.1 Å². The number of nitrogens with zero attached hydrogens (tertiary/aromatic N) is 1. The van der Waals surface area contributed by atoms with E-state index in [0.717, 1.165) is 24.2 Å². The summed E-state index contributed by atoms with van der Waals surface area (Å²) in [5, 5.41) is 2.23. The summed E-state index contributed by atoms with van der Waals surface area (Å²) < 4.78 is 11.3. The van der Waals surface area contributed by atoms with Gasteiger partial charge in [-0.2, -0.15) is 0 Å². The van der Waals surface area contributed by atoms with Crippen LogP contribution in [-0.2, 0) is 9.59 Å². The van der Waals surface area contributed by atoms with Gasteiger partial charge in [0.25, 0.3) is 11.8 Å². The van der Waals surface area contributed by atoms with Crippen molar-refractivity contribution in [3.8, 4) is 11.5 Å². The highest BCUT2D eigenvalue weighted by Gasteiger charge is 2.37.